The molecule has 7 nitrogen and oxygen atoms in total. The van der Waals surface area contributed by atoms with E-state index in [4.69, 9.17) is 16.6 Å². The van der Waals surface area contributed by atoms with Gasteiger partial charge in [-0.05, 0) is 41.5 Å². The van der Waals surface area contributed by atoms with Gasteiger partial charge in [0.2, 0.25) is 11.1 Å². The molecule has 0 aliphatic rings. The number of aromatic nitrogens is 5. The lowest BCUT2D eigenvalue weighted by molar-refractivity contribution is -0.113. The Balaban J connectivity index is 1.17. The van der Waals surface area contributed by atoms with Crippen LogP contribution in [0.2, 0.25) is 5.02 Å². The van der Waals surface area contributed by atoms with Gasteiger partial charge in [-0.25, -0.2) is 14.4 Å². The molecule has 0 aliphatic carbocycles. The summed E-state index contributed by atoms with van der Waals surface area (Å²) in [5.41, 5.74) is 4.40. The van der Waals surface area contributed by atoms with Gasteiger partial charge < -0.3 is 9.88 Å². The first-order valence-corrected chi connectivity index (χ1v) is 14.2. The van der Waals surface area contributed by atoms with E-state index in [9.17, 15) is 9.18 Å². The van der Waals surface area contributed by atoms with Gasteiger partial charge >= 0.3 is 0 Å². The van der Waals surface area contributed by atoms with Crippen molar-refractivity contribution in [1.29, 1.82) is 0 Å². The topological polar surface area (TPSA) is 85.6 Å². The smallest absolute Gasteiger partial charge is 0.236 e. The van der Waals surface area contributed by atoms with Gasteiger partial charge in [0.05, 0.1) is 11.3 Å². The predicted octanol–water partition coefficient (Wildman–Crippen LogP) is 6.60. The van der Waals surface area contributed by atoms with Crippen molar-refractivity contribution in [3.63, 3.8) is 0 Å². The summed E-state index contributed by atoms with van der Waals surface area (Å²) in [6, 6.07) is 22.1. The zero-order chi connectivity index (χ0) is 26.8. The molecule has 0 saturated carbocycles. The highest BCUT2D eigenvalue weighted by molar-refractivity contribution is 7.99. The number of fused-ring (bicyclic) bond motifs is 3. The molecule has 1 N–H and O–H groups in total. The number of halogens is 2. The minimum absolute atomic E-state index is 0.102. The van der Waals surface area contributed by atoms with Crippen molar-refractivity contribution in [2.24, 2.45) is 0 Å². The van der Waals surface area contributed by atoms with Crippen LogP contribution in [0.5, 0.6) is 0 Å². The summed E-state index contributed by atoms with van der Waals surface area (Å²) in [5, 5.41) is 13.9. The zero-order valence-electron chi connectivity index (χ0n) is 20.3. The summed E-state index contributed by atoms with van der Waals surface area (Å²) in [4.78, 5) is 22.7. The number of nitrogens with one attached hydrogen (secondary N) is 1. The van der Waals surface area contributed by atoms with E-state index in [-0.39, 0.29) is 17.5 Å². The molecule has 194 valence electrons. The monoisotopic (exact) mass is 574 g/mol. The number of thiazole rings is 1. The van der Waals surface area contributed by atoms with E-state index in [1.54, 1.807) is 18.3 Å². The molecule has 0 atom stereocenters. The average Bonchev–Trinajstić information content (AvgIpc) is 3.50. The van der Waals surface area contributed by atoms with Crippen LogP contribution in [0, 0.1) is 5.82 Å². The van der Waals surface area contributed by atoms with Gasteiger partial charge in [-0.15, -0.1) is 21.5 Å². The lowest BCUT2D eigenvalue weighted by Crippen LogP contribution is -2.14. The minimum Gasteiger partial charge on any atom is -0.319 e. The summed E-state index contributed by atoms with van der Waals surface area (Å²) in [6.45, 7) is 0.607. The summed E-state index contributed by atoms with van der Waals surface area (Å²) < 4.78 is 15.2. The fraction of sp³-hybridized carbons (Fsp3) is 0.107. The lowest BCUT2D eigenvalue weighted by atomic mass is 10.1. The molecule has 3 heterocycles. The number of nitrogens with zero attached hydrogens (tertiary/aromatic N) is 5. The first-order chi connectivity index (χ1) is 19.0. The summed E-state index contributed by atoms with van der Waals surface area (Å²) in [6.07, 6.45) is 2.33. The van der Waals surface area contributed by atoms with Gasteiger partial charge in [-0.3, -0.25) is 4.79 Å². The van der Waals surface area contributed by atoms with E-state index in [1.165, 1.54) is 35.2 Å². The van der Waals surface area contributed by atoms with E-state index in [2.05, 4.69) is 37.2 Å². The highest BCUT2D eigenvalue weighted by Gasteiger charge is 2.17. The highest BCUT2D eigenvalue weighted by Crippen LogP contribution is 2.30. The maximum atomic E-state index is 13.1. The quantitative estimate of drug-likeness (QED) is 0.206. The molecule has 0 bridgehead atoms. The van der Waals surface area contributed by atoms with Gasteiger partial charge in [-0.1, -0.05) is 65.8 Å². The second kappa shape index (κ2) is 11.1. The average molecular weight is 575 g/mol. The molecule has 0 radical (unpaired) electrons. The number of anilines is 1. The van der Waals surface area contributed by atoms with E-state index >= 15 is 0 Å². The lowest BCUT2D eigenvalue weighted by Gasteiger charge is -2.07. The van der Waals surface area contributed by atoms with Crippen molar-refractivity contribution in [1.82, 2.24) is 24.7 Å². The maximum absolute atomic E-state index is 13.1. The molecule has 39 heavy (non-hydrogen) atoms. The highest BCUT2D eigenvalue weighted by atomic mass is 35.5. The number of amides is 1. The van der Waals surface area contributed by atoms with Crippen LogP contribution in [-0.2, 0) is 17.8 Å². The molecule has 0 unspecified atom stereocenters. The van der Waals surface area contributed by atoms with Gasteiger partial charge in [0.1, 0.15) is 11.3 Å². The van der Waals surface area contributed by atoms with Crippen LogP contribution in [0.15, 0.2) is 84.1 Å². The standard InChI is InChI=1S/C28H20ClFN6OS2/c29-19-8-11-23-22(13-19)25-26(36(23)15-18-4-2-1-3-5-18)33-28(35-34-25)38-16-24(37)32-27-31-14-21(39-27)12-17-6-9-20(30)10-7-17/h1-11,13-14H,12,15-16H2,(H,31,32,37). The van der Waals surface area contributed by atoms with Gasteiger partial charge in [0.15, 0.2) is 10.8 Å². The molecular weight excluding hydrogens is 555 g/mol. The Labute approximate surface area is 236 Å². The molecule has 3 aromatic heterocycles. The number of thioether (sulfide) groups is 1. The molecule has 11 heteroatoms. The van der Waals surface area contributed by atoms with E-state index in [0.29, 0.717) is 39.4 Å². The Morgan fingerprint density at radius 1 is 1.03 bits per heavy atom. The predicted molar refractivity (Wildman–Crippen MR) is 154 cm³/mol. The number of carbonyl (C=O) groups excluding carboxylic acids is 1. The largest absolute Gasteiger partial charge is 0.319 e. The summed E-state index contributed by atoms with van der Waals surface area (Å²) >= 11 is 8.87. The normalized spacial score (nSPS) is 11.3. The van der Waals surface area contributed by atoms with Crippen LogP contribution >= 0.6 is 34.7 Å². The molecular formula is C28H20ClFN6OS2. The molecule has 6 rings (SSSR count). The number of rotatable bonds is 8. The Morgan fingerprint density at radius 3 is 2.67 bits per heavy atom. The third kappa shape index (κ3) is 5.78. The van der Waals surface area contributed by atoms with Crippen LogP contribution in [0.1, 0.15) is 16.0 Å². The fourth-order valence-electron chi connectivity index (χ4n) is 4.24. The van der Waals surface area contributed by atoms with Gasteiger partial charge in [-0.2, -0.15) is 0 Å². The Morgan fingerprint density at radius 2 is 1.85 bits per heavy atom. The summed E-state index contributed by atoms with van der Waals surface area (Å²) in [5.74, 6) is -0.387. The number of carbonyl (C=O) groups is 1. The molecule has 0 spiro atoms. The van der Waals surface area contributed by atoms with E-state index in [0.717, 1.165) is 26.9 Å². The second-order valence-corrected chi connectivity index (χ2v) is 11.3. The number of benzene rings is 3. The van der Waals surface area contributed by atoms with E-state index < -0.39 is 0 Å². The maximum Gasteiger partial charge on any atom is 0.236 e. The second-order valence-electron chi connectivity index (χ2n) is 8.77. The number of hydrogen-bond donors (Lipinski definition) is 1. The van der Waals surface area contributed by atoms with Crippen molar-refractivity contribution in [3.05, 3.63) is 106 Å². The van der Waals surface area contributed by atoms with Crippen LogP contribution < -0.4 is 5.32 Å². The van der Waals surface area contributed by atoms with Crippen LogP contribution in [-0.4, -0.2) is 36.4 Å². The Bertz CT molecular complexity index is 1790. The third-order valence-corrected chi connectivity index (χ3v) is 8.00. The first-order valence-electron chi connectivity index (χ1n) is 12.0. The SMILES string of the molecule is O=C(CSc1nnc2c3cc(Cl)ccc3n(Cc3ccccc3)c2n1)Nc1ncc(Cc2ccc(F)cc2)s1. The zero-order valence-corrected chi connectivity index (χ0v) is 22.7. The molecule has 6 aromatic rings. The molecule has 0 saturated heterocycles. The van der Waals surface area contributed by atoms with Crippen LogP contribution in [0.3, 0.4) is 0 Å². The molecule has 0 fully saturated rings. The summed E-state index contributed by atoms with van der Waals surface area (Å²) in [7, 11) is 0. The molecule has 3 aromatic carbocycles. The van der Waals surface area contributed by atoms with Crippen LogP contribution in [0.4, 0.5) is 9.52 Å². The number of hydrogen-bond acceptors (Lipinski definition) is 7. The van der Waals surface area contributed by atoms with Crippen molar-refractivity contribution in [2.45, 2.75) is 18.1 Å². The van der Waals surface area contributed by atoms with Crippen LogP contribution in [0.25, 0.3) is 22.1 Å². The third-order valence-electron chi connectivity index (χ3n) is 6.02. The fourth-order valence-corrected chi connectivity index (χ4v) is 5.85. The van der Waals surface area contributed by atoms with Gasteiger partial charge in [0, 0.05) is 34.4 Å². The van der Waals surface area contributed by atoms with Crippen molar-refractivity contribution in [2.75, 3.05) is 11.1 Å². The Hall–Kier alpha value is -3.86. The van der Waals surface area contributed by atoms with Gasteiger partial charge in [0.25, 0.3) is 0 Å². The molecule has 1 amide bonds. The minimum atomic E-state index is -0.270. The van der Waals surface area contributed by atoms with Crippen molar-refractivity contribution in [3.8, 4) is 0 Å². The van der Waals surface area contributed by atoms with Crippen molar-refractivity contribution < 1.29 is 9.18 Å². The first kappa shape index (κ1) is 25.4. The van der Waals surface area contributed by atoms with Crippen molar-refractivity contribution >= 4 is 67.8 Å². The molecule has 0 aliphatic heterocycles. The van der Waals surface area contributed by atoms with E-state index in [1.807, 2.05) is 36.4 Å². The Kier molecular flexibility index (Phi) is 7.23.